The van der Waals surface area contributed by atoms with Gasteiger partial charge in [0.15, 0.2) is 6.61 Å². The SMILES string of the molecule is CCCCNC(=O)COc1ccc(CCC(C)N)cc1. The van der Waals surface area contributed by atoms with Crippen LogP contribution >= 0.6 is 0 Å². The number of hydrogen-bond acceptors (Lipinski definition) is 3. The third-order valence-corrected chi connectivity index (χ3v) is 3.03. The van der Waals surface area contributed by atoms with E-state index in [9.17, 15) is 4.79 Å². The second kappa shape index (κ2) is 9.37. The third kappa shape index (κ3) is 7.14. The van der Waals surface area contributed by atoms with Crippen LogP contribution in [0.15, 0.2) is 24.3 Å². The molecule has 0 spiro atoms. The van der Waals surface area contributed by atoms with E-state index in [1.54, 1.807) is 0 Å². The molecule has 0 aliphatic heterocycles. The van der Waals surface area contributed by atoms with Crippen LogP contribution in [0.2, 0.25) is 0 Å². The van der Waals surface area contributed by atoms with Crippen LogP contribution in [0.3, 0.4) is 0 Å². The molecular weight excluding hydrogens is 252 g/mol. The average Bonchev–Trinajstić information content (AvgIpc) is 2.44. The van der Waals surface area contributed by atoms with Crippen LogP contribution in [0.25, 0.3) is 0 Å². The van der Waals surface area contributed by atoms with E-state index in [-0.39, 0.29) is 18.6 Å². The van der Waals surface area contributed by atoms with Crippen molar-refractivity contribution in [1.82, 2.24) is 5.32 Å². The summed E-state index contributed by atoms with van der Waals surface area (Å²) in [6, 6.07) is 8.06. The van der Waals surface area contributed by atoms with Gasteiger partial charge in [-0.05, 0) is 43.9 Å². The molecule has 0 aliphatic rings. The number of nitrogens with one attached hydrogen (secondary N) is 1. The number of aryl methyl sites for hydroxylation is 1. The molecule has 0 heterocycles. The number of carbonyl (C=O) groups is 1. The van der Waals surface area contributed by atoms with E-state index in [0.29, 0.717) is 0 Å². The van der Waals surface area contributed by atoms with E-state index in [2.05, 4.69) is 12.2 Å². The minimum Gasteiger partial charge on any atom is -0.484 e. The molecule has 1 aromatic carbocycles. The molecule has 3 N–H and O–H groups in total. The Morgan fingerprint density at radius 2 is 2.05 bits per heavy atom. The van der Waals surface area contributed by atoms with Crippen molar-refractivity contribution in [1.29, 1.82) is 0 Å². The Kier molecular flexibility index (Phi) is 7.73. The van der Waals surface area contributed by atoms with E-state index < -0.39 is 0 Å². The molecule has 1 aromatic rings. The number of nitrogens with two attached hydrogens (primary N) is 1. The smallest absolute Gasteiger partial charge is 0.257 e. The van der Waals surface area contributed by atoms with E-state index in [0.717, 1.165) is 38.0 Å². The highest BCUT2D eigenvalue weighted by Crippen LogP contribution is 2.13. The molecule has 112 valence electrons. The summed E-state index contributed by atoms with van der Waals surface area (Å²) in [6.07, 6.45) is 4.01. The van der Waals surface area contributed by atoms with Gasteiger partial charge in [-0.1, -0.05) is 25.5 Å². The molecule has 0 saturated carbocycles. The van der Waals surface area contributed by atoms with Gasteiger partial charge >= 0.3 is 0 Å². The number of rotatable bonds is 9. The van der Waals surface area contributed by atoms with Gasteiger partial charge in [-0.15, -0.1) is 0 Å². The number of amides is 1. The summed E-state index contributed by atoms with van der Waals surface area (Å²) in [7, 11) is 0. The van der Waals surface area contributed by atoms with Crippen molar-refractivity contribution in [3.8, 4) is 5.75 Å². The average molecular weight is 278 g/mol. The lowest BCUT2D eigenvalue weighted by molar-refractivity contribution is -0.123. The van der Waals surface area contributed by atoms with Gasteiger partial charge in [0, 0.05) is 12.6 Å². The molecule has 1 rings (SSSR count). The van der Waals surface area contributed by atoms with Crippen LogP contribution in [0, 0.1) is 0 Å². The maximum Gasteiger partial charge on any atom is 0.257 e. The van der Waals surface area contributed by atoms with Gasteiger partial charge in [0.2, 0.25) is 0 Å². The zero-order chi connectivity index (χ0) is 14.8. The van der Waals surface area contributed by atoms with Crippen molar-refractivity contribution in [2.75, 3.05) is 13.2 Å². The van der Waals surface area contributed by atoms with Gasteiger partial charge in [-0.2, -0.15) is 0 Å². The van der Waals surface area contributed by atoms with Gasteiger partial charge in [-0.25, -0.2) is 0 Å². The fourth-order valence-electron chi connectivity index (χ4n) is 1.75. The first-order valence-corrected chi connectivity index (χ1v) is 7.35. The number of hydrogen-bond donors (Lipinski definition) is 2. The summed E-state index contributed by atoms with van der Waals surface area (Å²) in [5.74, 6) is 0.652. The zero-order valence-electron chi connectivity index (χ0n) is 12.5. The van der Waals surface area contributed by atoms with Crippen LogP contribution in [0.5, 0.6) is 5.75 Å². The molecular formula is C16H26N2O2. The van der Waals surface area contributed by atoms with Gasteiger partial charge < -0.3 is 15.8 Å². The molecule has 0 bridgehead atoms. The summed E-state index contributed by atoms with van der Waals surface area (Å²) in [5.41, 5.74) is 6.97. The molecule has 0 aromatic heterocycles. The number of ether oxygens (including phenoxy) is 1. The van der Waals surface area contributed by atoms with Crippen molar-refractivity contribution < 1.29 is 9.53 Å². The van der Waals surface area contributed by atoms with E-state index in [1.807, 2.05) is 31.2 Å². The molecule has 4 heteroatoms. The number of carbonyl (C=O) groups excluding carboxylic acids is 1. The lowest BCUT2D eigenvalue weighted by atomic mass is 10.1. The fourth-order valence-corrected chi connectivity index (χ4v) is 1.75. The first-order valence-electron chi connectivity index (χ1n) is 7.35. The molecule has 4 nitrogen and oxygen atoms in total. The maximum atomic E-state index is 11.5. The summed E-state index contributed by atoms with van der Waals surface area (Å²) >= 11 is 0. The Labute approximate surface area is 121 Å². The predicted molar refractivity (Wildman–Crippen MR) is 81.8 cm³/mol. The predicted octanol–water partition coefficient (Wildman–Crippen LogP) is 2.26. The first-order chi connectivity index (χ1) is 9.61. The summed E-state index contributed by atoms with van der Waals surface area (Å²) in [6.45, 7) is 4.89. The fraction of sp³-hybridized carbons (Fsp3) is 0.562. The molecule has 0 saturated heterocycles. The van der Waals surface area contributed by atoms with Crippen molar-refractivity contribution >= 4 is 5.91 Å². The summed E-state index contributed by atoms with van der Waals surface area (Å²) < 4.78 is 5.44. The first kappa shape index (κ1) is 16.5. The van der Waals surface area contributed by atoms with E-state index >= 15 is 0 Å². The highest BCUT2D eigenvalue weighted by atomic mass is 16.5. The standard InChI is InChI=1S/C16H26N2O2/c1-3-4-11-18-16(19)12-20-15-9-7-14(8-10-15)6-5-13(2)17/h7-10,13H,3-6,11-12,17H2,1-2H3,(H,18,19). The topological polar surface area (TPSA) is 64.3 Å². The van der Waals surface area contributed by atoms with Crippen LogP contribution in [-0.2, 0) is 11.2 Å². The van der Waals surface area contributed by atoms with Crippen LogP contribution in [0.1, 0.15) is 38.7 Å². The van der Waals surface area contributed by atoms with Crippen LogP contribution in [0.4, 0.5) is 0 Å². The molecule has 20 heavy (non-hydrogen) atoms. The molecule has 0 fully saturated rings. The maximum absolute atomic E-state index is 11.5. The highest BCUT2D eigenvalue weighted by Gasteiger charge is 2.02. The van der Waals surface area contributed by atoms with Crippen LogP contribution < -0.4 is 15.8 Å². The van der Waals surface area contributed by atoms with E-state index in [4.69, 9.17) is 10.5 Å². The van der Waals surface area contributed by atoms with Gasteiger partial charge in [-0.3, -0.25) is 4.79 Å². The minimum absolute atomic E-state index is 0.0699. The van der Waals surface area contributed by atoms with Crippen molar-refractivity contribution in [2.24, 2.45) is 5.73 Å². The number of benzene rings is 1. The van der Waals surface area contributed by atoms with E-state index in [1.165, 1.54) is 5.56 Å². The minimum atomic E-state index is -0.0699. The lowest BCUT2D eigenvalue weighted by Crippen LogP contribution is -2.29. The second-order valence-corrected chi connectivity index (χ2v) is 5.15. The molecule has 1 unspecified atom stereocenters. The van der Waals surface area contributed by atoms with Crippen molar-refractivity contribution in [3.63, 3.8) is 0 Å². The normalized spacial score (nSPS) is 11.9. The largest absolute Gasteiger partial charge is 0.484 e. The Hall–Kier alpha value is -1.55. The second-order valence-electron chi connectivity index (χ2n) is 5.15. The van der Waals surface area contributed by atoms with Crippen LogP contribution in [-0.4, -0.2) is 25.1 Å². The molecule has 1 amide bonds. The number of unbranched alkanes of at least 4 members (excludes halogenated alkanes) is 1. The quantitative estimate of drug-likeness (QED) is 0.681. The van der Waals surface area contributed by atoms with Crippen molar-refractivity contribution in [3.05, 3.63) is 29.8 Å². The lowest BCUT2D eigenvalue weighted by Gasteiger charge is -2.08. The Morgan fingerprint density at radius 3 is 2.65 bits per heavy atom. The Bertz CT molecular complexity index is 388. The van der Waals surface area contributed by atoms with Gasteiger partial charge in [0.1, 0.15) is 5.75 Å². The monoisotopic (exact) mass is 278 g/mol. The molecule has 0 radical (unpaired) electrons. The molecule has 1 atom stereocenters. The highest BCUT2D eigenvalue weighted by molar-refractivity contribution is 5.77. The van der Waals surface area contributed by atoms with Gasteiger partial charge in [0.05, 0.1) is 0 Å². The Balaban J connectivity index is 2.28. The van der Waals surface area contributed by atoms with Crippen molar-refractivity contribution in [2.45, 2.75) is 45.6 Å². The molecule has 0 aliphatic carbocycles. The van der Waals surface area contributed by atoms with Gasteiger partial charge in [0.25, 0.3) is 5.91 Å². The Morgan fingerprint density at radius 1 is 1.35 bits per heavy atom. The summed E-state index contributed by atoms with van der Waals surface area (Å²) in [4.78, 5) is 11.5. The zero-order valence-corrected chi connectivity index (χ0v) is 12.5. The third-order valence-electron chi connectivity index (χ3n) is 3.03. The summed E-state index contributed by atoms with van der Waals surface area (Å²) in [5, 5.41) is 2.82.